The maximum absolute atomic E-state index is 11.8. The zero-order chi connectivity index (χ0) is 14.1. The Kier molecular flexibility index (Phi) is 6.03. The molecule has 19 heavy (non-hydrogen) atoms. The van der Waals surface area contributed by atoms with E-state index in [0.717, 1.165) is 11.1 Å². The molecular weight excluding hydrogens is 240 g/mol. The van der Waals surface area contributed by atoms with Crippen molar-refractivity contribution in [1.29, 1.82) is 0 Å². The molecular formula is C16H16O3. The number of carbonyl (C=O) groups is 2. The van der Waals surface area contributed by atoms with Crippen molar-refractivity contribution in [2.24, 2.45) is 0 Å². The van der Waals surface area contributed by atoms with E-state index in [9.17, 15) is 9.59 Å². The van der Waals surface area contributed by atoms with Gasteiger partial charge in [0.25, 0.3) is 0 Å². The van der Waals surface area contributed by atoms with Crippen molar-refractivity contribution in [2.45, 2.75) is 6.92 Å². The second-order valence-electron chi connectivity index (χ2n) is 3.76. The van der Waals surface area contributed by atoms with Crippen LogP contribution in [-0.4, -0.2) is 18.9 Å². The molecule has 0 bridgehead atoms. The lowest BCUT2D eigenvalue weighted by Gasteiger charge is -1.99. The molecule has 0 atom stereocenters. The smallest absolute Gasteiger partial charge is 0.302 e. The van der Waals surface area contributed by atoms with Crippen LogP contribution in [0, 0.1) is 0 Å². The van der Waals surface area contributed by atoms with Crippen LogP contribution in [-0.2, 0) is 9.53 Å². The molecule has 0 aliphatic rings. The van der Waals surface area contributed by atoms with E-state index < -0.39 is 0 Å². The first kappa shape index (κ1) is 14.6. The zero-order valence-corrected chi connectivity index (χ0v) is 11.0. The van der Waals surface area contributed by atoms with Gasteiger partial charge in [-0.1, -0.05) is 60.7 Å². The molecule has 0 aliphatic heterocycles. The van der Waals surface area contributed by atoms with E-state index in [1.165, 1.54) is 14.0 Å². The van der Waals surface area contributed by atoms with Crippen LogP contribution >= 0.6 is 0 Å². The van der Waals surface area contributed by atoms with Gasteiger partial charge in [-0.2, -0.15) is 0 Å². The molecule has 3 nitrogen and oxygen atoms in total. The Morgan fingerprint density at radius 2 is 1.11 bits per heavy atom. The highest BCUT2D eigenvalue weighted by atomic mass is 16.5. The van der Waals surface area contributed by atoms with Gasteiger partial charge in [-0.3, -0.25) is 9.59 Å². The standard InChI is InChI=1S/C13H10O.C3H6O2/c14-13(11-7-3-1-4-8-11)12-9-5-2-6-10-12;1-3(4)5-2/h1-10H;1-2H3. The fourth-order valence-corrected chi connectivity index (χ4v) is 1.35. The van der Waals surface area contributed by atoms with Crippen LogP contribution in [0.4, 0.5) is 0 Å². The van der Waals surface area contributed by atoms with E-state index in [-0.39, 0.29) is 11.8 Å². The Hall–Kier alpha value is -2.42. The number of rotatable bonds is 2. The molecule has 0 aliphatic carbocycles. The molecule has 3 heteroatoms. The van der Waals surface area contributed by atoms with E-state index in [4.69, 9.17) is 0 Å². The number of hydrogen-bond donors (Lipinski definition) is 0. The van der Waals surface area contributed by atoms with Crippen molar-refractivity contribution in [3.05, 3.63) is 71.8 Å². The summed E-state index contributed by atoms with van der Waals surface area (Å²) in [4.78, 5) is 21.4. The third-order valence-electron chi connectivity index (χ3n) is 2.36. The summed E-state index contributed by atoms with van der Waals surface area (Å²) in [6.07, 6.45) is 0. The number of ketones is 1. The normalized spacial score (nSPS) is 8.95. The Morgan fingerprint density at radius 1 is 0.789 bits per heavy atom. The van der Waals surface area contributed by atoms with Crippen LogP contribution in [0.5, 0.6) is 0 Å². The van der Waals surface area contributed by atoms with E-state index in [2.05, 4.69) is 4.74 Å². The summed E-state index contributed by atoms with van der Waals surface area (Å²) in [5.74, 6) is -0.170. The number of carbonyl (C=O) groups excluding carboxylic acids is 2. The molecule has 0 heterocycles. The average Bonchev–Trinajstić information content (AvgIpc) is 2.49. The summed E-state index contributed by atoms with van der Waals surface area (Å²) in [5, 5.41) is 0. The third-order valence-corrected chi connectivity index (χ3v) is 2.36. The highest BCUT2D eigenvalue weighted by Gasteiger charge is 2.06. The lowest BCUT2D eigenvalue weighted by atomic mass is 10.0. The lowest BCUT2D eigenvalue weighted by Crippen LogP contribution is -1.99. The molecule has 0 aromatic heterocycles. The van der Waals surface area contributed by atoms with Gasteiger partial charge < -0.3 is 4.74 Å². The molecule has 0 saturated heterocycles. The van der Waals surface area contributed by atoms with Gasteiger partial charge in [0.1, 0.15) is 0 Å². The molecule has 0 amide bonds. The molecule has 98 valence electrons. The van der Waals surface area contributed by atoms with Gasteiger partial charge >= 0.3 is 5.97 Å². The fourth-order valence-electron chi connectivity index (χ4n) is 1.35. The maximum atomic E-state index is 11.8. The SMILES string of the molecule is COC(C)=O.O=C(c1ccccc1)c1ccccc1. The van der Waals surface area contributed by atoms with Crippen molar-refractivity contribution in [1.82, 2.24) is 0 Å². The monoisotopic (exact) mass is 256 g/mol. The van der Waals surface area contributed by atoms with E-state index in [1.807, 2.05) is 60.7 Å². The Balaban J connectivity index is 0.000000312. The first-order chi connectivity index (χ1) is 9.15. The van der Waals surface area contributed by atoms with E-state index in [0.29, 0.717) is 0 Å². The quantitative estimate of drug-likeness (QED) is 0.612. The number of benzene rings is 2. The summed E-state index contributed by atoms with van der Waals surface area (Å²) in [5.41, 5.74) is 1.47. The molecule has 0 unspecified atom stereocenters. The number of esters is 1. The van der Waals surface area contributed by atoms with Gasteiger partial charge in [-0.05, 0) is 0 Å². The lowest BCUT2D eigenvalue weighted by molar-refractivity contribution is -0.137. The van der Waals surface area contributed by atoms with Crippen molar-refractivity contribution in [3.63, 3.8) is 0 Å². The summed E-state index contributed by atoms with van der Waals surface area (Å²) >= 11 is 0. The van der Waals surface area contributed by atoms with Gasteiger partial charge in [-0.25, -0.2) is 0 Å². The van der Waals surface area contributed by atoms with Crippen LogP contribution in [0.15, 0.2) is 60.7 Å². The maximum Gasteiger partial charge on any atom is 0.302 e. The predicted octanol–water partition coefficient (Wildman–Crippen LogP) is 3.10. The van der Waals surface area contributed by atoms with Crippen LogP contribution in [0.25, 0.3) is 0 Å². The molecule has 0 radical (unpaired) electrons. The molecule has 0 fully saturated rings. The Bertz CT molecular complexity index is 477. The fraction of sp³-hybridized carbons (Fsp3) is 0.125. The first-order valence-corrected chi connectivity index (χ1v) is 5.84. The average molecular weight is 256 g/mol. The van der Waals surface area contributed by atoms with Gasteiger partial charge in [0, 0.05) is 18.1 Å². The van der Waals surface area contributed by atoms with Gasteiger partial charge in [-0.15, -0.1) is 0 Å². The number of ether oxygens (including phenoxy) is 1. The van der Waals surface area contributed by atoms with Crippen molar-refractivity contribution in [3.8, 4) is 0 Å². The van der Waals surface area contributed by atoms with Crippen LogP contribution in [0.3, 0.4) is 0 Å². The molecule has 0 saturated carbocycles. The second kappa shape index (κ2) is 7.82. The van der Waals surface area contributed by atoms with E-state index >= 15 is 0 Å². The van der Waals surface area contributed by atoms with Crippen molar-refractivity contribution >= 4 is 11.8 Å². The second-order valence-corrected chi connectivity index (χ2v) is 3.76. The molecule has 0 spiro atoms. The highest BCUT2D eigenvalue weighted by molar-refractivity contribution is 6.08. The van der Waals surface area contributed by atoms with Crippen LogP contribution < -0.4 is 0 Å². The first-order valence-electron chi connectivity index (χ1n) is 5.84. The molecule has 2 aromatic carbocycles. The zero-order valence-electron chi connectivity index (χ0n) is 11.0. The summed E-state index contributed by atoms with van der Waals surface area (Å²) in [6.45, 7) is 1.36. The van der Waals surface area contributed by atoms with Gasteiger partial charge in [0.15, 0.2) is 5.78 Å². The summed E-state index contributed by atoms with van der Waals surface area (Å²) < 4.78 is 4.11. The predicted molar refractivity (Wildman–Crippen MR) is 74.0 cm³/mol. The highest BCUT2D eigenvalue weighted by Crippen LogP contribution is 2.08. The van der Waals surface area contributed by atoms with Crippen LogP contribution in [0.2, 0.25) is 0 Å². The van der Waals surface area contributed by atoms with Crippen molar-refractivity contribution in [2.75, 3.05) is 7.11 Å². The van der Waals surface area contributed by atoms with Gasteiger partial charge in [0.05, 0.1) is 7.11 Å². The number of methoxy groups -OCH3 is 1. The molecule has 2 aromatic rings. The Morgan fingerprint density at radius 3 is 1.37 bits per heavy atom. The molecule has 2 rings (SSSR count). The third kappa shape index (κ3) is 5.17. The summed E-state index contributed by atoms with van der Waals surface area (Å²) in [7, 11) is 1.35. The summed E-state index contributed by atoms with van der Waals surface area (Å²) in [6, 6.07) is 18.6. The minimum Gasteiger partial charge on any atom is -0.469 e. The van der Waals surface area contributed by atoms with Crippen LogP contribution in [0.1, 0.15) is 22.8 Å². The largest absolute Gasteiger partial charge is 0.469 e. The molecule has 0 N–H and O–H groups in total. The number of hydrogen-bond acceptors (Lipinski definition) is 3. The minimum atomic E-state index is -0.245. The van der Waals surface area contributed by atoms with E-state index in [1.54, 1.807) is 0 Å². The van der Waals surface area contributed by atoms with Crippen molar-refractivity contribution < 1.29 is 14.3 Å². The Labute approximate surface area is 112 Å². The minimum absolute atomic E-state index is 0.0752. The topological polar surface area (TPSA) is 43.4 Å². The van der Waals surface area contributed by atoms with Gasteiger partial charge in [0.2, 0.25) is 0 Å².